The zero-order valence-electron chi connectivity index (χ0n) is 11.0. The third-order valence-electron chi connectivity index (χ3n) is 3.00. The molecular formula is C13H22N2O. The SMILES string of the molecule is CC(C)(C)CC(C)(C)N1CC(C#N)CC1=O. The van der Waals surface area contributed by atoms with Gasteiger partial charge in [-0.2, -0.15) is 5.26 Å². The first-order valence-corrected chi connectivity index (χ1v) is 5.86. The Morgan fingerprint density at radius 1 is 1.38 bits per heavy atom. The Bertz CT molecular complexity index is 320. The molecule has 1 atom stereocenters. The number of rotatable bonds is 2. The lowest BCUT2D eigenvalue weighted by Crippen LogP contribution is -2.47. The zero-order valence-corrected chi connectivity index (χ0v) is 11.0. The molecule has 1 saturated heterocycles. The Morgan fingerprint density at radius 2 is 1.94 bits per heavy atom. The Labute approximate surface area is 98.4 Å². The summed E-state index contributed by atoms with van der Waals surface area (Å²) in [6, 6.07) is 2.20. The van der Waals surface area contributed by atoms with Crippen molar-refractivity contribution in [3.63, 3.8) is 0 Å². The first-order chi connectivity index (χ1) is 7.15. The van der Waals surface area contributed by atoms with Crippen LogP contribution in [0.25, 0.3) is 0 Å². The average molecular weight is 222 g/mol. The van der Waals surface area contributed by atoms with E-state index in [1.165, 1.54) is 0 Å². The molecule has 1 rings (SSSR count). The van der Waals surface area contributed by atoms with E-state index < -0.39 is 0 Å². The van der Waals surface area contributed by atoms with Crippen LogP contribution in [0.1, 0.15) is 47.5 Å². The molecule has 1 aliphatic heterocycles. The first kappa shape index (κ1) is 13.0. The summed E-state index contributed by atoms with van der Waals surface area (Å²) in [4.78, 5) is 13.7. The normalized spacial score (nSPS) is 22.4. The molecule has 16 heavy (non-hydrogen) atoms. The van der Waals surface area contributed by atoms with Gasteiger partial charge < -0.3 is 4.90 Å². The van der Waals surface area contributed by atoms with Crippen molar-refractivity contribution in [1.82, 2.24) is 4.90 Å². The van der Waals surface area contributed by atoms with Crippen molar-refractivity contribution in [1.29, 1.82) is 5.26 Å². The number of nitriles is 1. The molecule has 0 N–H and O–H groups in total. The van der Waals surface area contributed by atoms with E-state index in [9.17, 15) is 4.79 Å². The highest BCUT2D eigenvalue weighted by Gasteiger charge is 2.40. The van der Waals surface area contributed by atoms with Gasteiger partial charge in [0.2, 0.25) is 5.91 Å². The van der Waals surface area contributed by atoms with E-state index in [1.54, 1.807) is 0 Å². The number of amides is 1. The Hall–Kier alpha value is -1.04. The summed E-state index contributed by atoms with van der Waals surface area (Å²) in [5.41, 5.74) is 0.0371. The van der Waals surface area contributed by atoms with Crippen LogP contribution in [-0.2, 0) is 4.79 Å². The molecular weight excluding hydrogens is 200 g/mol. The maximum absolute atomic E-state index is 11.9. The smallest absolute Gasteiger partial charge is 0.224 e. The van der Waals surface area contributed by atoms with Gasteiger partial charge in [0, 0.05) is 18.5 Å². The van der Waals surface area contributed by atoms with Crippen molar-refractivity contribution in [2.24, 2.45) is 11.3 Å². The van der Waals surface area contributed by atoms with Gasteiger partial charge in [-0.15, -0.1) is 0 Å². The molecule has 1 heterocycles. The lowest BCUT2D eigenvalue weighted by Gasteiger charge is -2.40. The topological polar surface area (TPSA) is 44.1 Å². The summed E-state index contributed by atoms with van der Waals surface area (Å²) in [7, 11) is 0. The summed E-state index contributed by atoms with van der Waals surface area (Å²) in [5.74, 6) is 0.00698. The first-order valence-electron chi connectivity index (χ1n) is 5.86. The van der Waals surface area contributed by atoms with Crippen LogP contribution in [0.2, 0.25) is 0 Å². The minimum atomic E-state index is -0.152. The van der Waals surface area contributed by atoms with Crippen LogP contribution in [0.15, 0.2) is 0 Å². The highest BCUT2D eigenvalue weighted by Crippen LogP contribution is 2.34. The molecule has 0 spiro atoms. The summed E-state index contributed by atoms with van der Waals surface area (Å²) in [5, 5.41) is 8.87. The molecule has 90 valence electrons. The Kier molecular flexibility index (Phi) is 3.33. The van der Waals surface area contributed by atoms with Crippen LogP contribution < -0.4 is 0 Å². The van der Waals surface area contributed by atoms with Gasteiger partial charge in [-0.1, -0.05) is 20.8 Å². The molecule has 0 bridgehead atoms. The minimum Gasteiger partial charge on any atom is -0.336 e. The van der Waals surface area contributed by atoms with Gasteiger partial charge in [0.25, 0.3) is 0 Å². The summed E-state index contributed by atoms with van der Waals surface area (Å²) in [6.07, 6.45) is 1.34. The number of carbonyl (C=O) groups is 1. The number of nitrogens with zero attached hydrogens (tertiary/aromatic N) is 2. The van der Waals surface area contributed by atoms with E-state index in [1.807, 2.05) is 4.90 Å². The molecule has 0 radical (unpaired) electrons. The highest BCUT2D eigenvalue weighted by molar-refractivity contribution is 5.80. The van der Waals surface area contributed by atoms with E-state index in [-0.39, 0.29) is 22.8 Å². The monoisotopic (exact) mass is 222 g/mol. The van der Waals surface area contributed by atoms with Crippen molar-refractivity contribution in [3.05, 3.63) is 0 Å². The zero-order chi connectivity index (χ0) is 12.6. The largest absolute Gasteiger partial charge is 0.336 e. The highest BCUT2D eigenvalue weighted by atomic mass is 16.2. The number of hydrogen-bond donors (Lipinski definition) is 0. The molecule has 1 fully saturated rings. The second kappa shape index (κ2) is 4.08. The Morgan fingerprint density at radius 3 is 2.31 bits per heavy atom. The number of carbonyl (C=O) groups excluding carboxylic acids is 1. The van der Waals surface area contributed by atoms with E-state index in [2.05, 4.69) is 40.7 Å². The van der Waals surface area contributed by atoms with Crippen LogP contribution in [0.3, 0.4) is 0 Å². The fraction of sp³-hybridized carbons (Fsp3) is 0.846. The second-order valence-electron chi connectivity index (χ2n) is 6.58. The van der Waals surface area contributed by atoms with Crippen LogP contribution in [0.5, 0.6) is 0 Å². The van der Waals surface area contributed by atoms with Gasteiger partial charge >= 0.3 is 0 Å². The van der Waals surface area contributed by atoms with Crippen LogP contribution in [0.4, 0.5) is 0 Å². The molecule has 1 unspecified atom stereocenters. The average Bonchev–Trinajstić information content (AvgIpc) is 2.43. The van der Waals surface area contributed by atoms with Gasteiger partial charge in [0.05, 0.1) is 12.0 Å². The summed E-state index contributed by atoms with van der Waals surface area (Å²) in [6.45, 7) is 11.3. The van der Waals surface area contributed by atoms with Crippen molar-refractivity contribution in [3.8, 4) is 6.07 Å². The molecule has 3 nitrogen and oxygen atoms in total. The molecule has 0 aliphatic carbocycles. The number of hydrogen-bond acceptors (Lipinski definition) is 2. The minimum absolute atomic E-state index is 0.119. The van der Waals surface area contributed by atoms with E-state index in [4.69, 9.17) is 5.26 Å². The quantitative estimate of drug-likeness (QED) is 0.720. The number of likely N-dealkylation sites (tertiary alicyclic amines) is 1. The summed E-state index contributed by atoms with van der Waals surface area (Å²) < 4.78 is 0. The van der Waals surface area contributed by atoms with Crippen LogP contribution in [-0.4, -0.2) is 22.9 Å². The van der Waals surface area contributed by atoms with Crippen LogP contribution >= 0.6 is 0 Å². The van der Waals surface area contributed by atoms with Gasteiger partial charge in [-0.3, -0.25) is 4.79 Å². The predicted octanol–water partition coefficient (Wildman–Crippen LogP) is 2.57. The van der Waals surface area contributed by atoms with E-state index >= 15 is 0 Å². The van der Waals surface area contributed by atoms with Gasteiger partial charge in [0.15, 0.2) is 0 Å². The Balaban J connectivity index is 2.77. The van der Waals surface area contributed by atoms with E-state index in [0.717, 1.165) is 6.42 Å². The lowest BCUT2D eigenvalue weighted by atomic mass is 9.81. The van der Waals surface area contributed by atoms with Crippen molar-refractivity contribution in [2.75, 3.05) is 6.54 Å². The fourth-order valence-electron chi connectivity index (χ4n) is 2.77. The third kappa shape index (κ3) is 2.98. The van der Waals surface area contributed by atoms with Gasteiger partial charge in [-0.25, -0.2) is 0 Å². The van der Waals surface area contributed by atoms with E-state index in [0.29, 0.717) is 13.0 Å². The standard InChI is InChI=1S/C13H22N2O/c1-12(2,3)9-13(4,5)15-8-10(7-14)6-11(15)16/h10H,6,8-9H2,1-5H3. The fourth-order valence-corrected chi connectivity index (χ4v) is 2.77. The third-order valence-corrected chi connectivity index (χ3v) is 3.00. The van der Waals surface area contributed by atoms with Crippen molar-refractivity contribution >= 4 is 5.91 Å². The molecule has 0 aromatic heterocycles. The maximum atomic E-state index is 11.9. The van der Waals surface area contributed by atoms with Gasteiger partial charge in [0.1, 0.15) is 0 Å². The molecule has 1 aliphatic rings. The second-order valence-corrected chi connectivity index (χ2v) is 6.58. The maximum Gasteiger partial charge on any atom is 0.224 e. The molecule has 1 amide bonds. The van der Waals surface area contributed by atoms with Crippen molar-refractivity contribution < 1.29 is 4.79 Å². The van der Waals surface area contributed by atoms with Crippen molar-refractivity contribution in [2.45, 2.75) is 53.0 Å². The van der Waals surface area contributed by atoms with Crippen LogP contribution in [0, 0.1) is 22.7 Å². The summed E-state index contributed by atoms with van der Waals surface area (Å²) >= 11 is 0. The molecule has 0 aromatic carbocycles. The molecule has 0 aromatic rings. The lowest BCUT2D eigenvalue weighted by molar-refractivity contribution is -0.133. The molecule has 3 heteroatoms. The van der Waals surface area contributed by atoms with Gasteiger partial charge in [-0.05, 0) is 25.7 Å². The molecule has 0 saturated carbocycles. The predicted molar refractivity (Wildman–Crippen MR) is 63.6 cm³/mol.